The number of hydrogen-bond donors (Lipinski definition) is 0. The van der Waals surface area contributed by atoms with Crippen molar-refractivity contribution < 1.29 is 4.79 Å². The van der Waals surface area contributed by atoms with Crippen LogP contribution in [0, 0.1) is 5.92 Å². The summed E-state index contributed by atoms with van der Waals surface area (Å²) in [5.74, 6) is 0.379. The molecule has 0 bridgehead atoms. The topological polar surface area (TPSA) is 17.1 Å². The summed E-state index contributed by atoms with van der Waals surface area (Å²) in [6, 6.07) is 0. The van der Waals surface area contributed by atoms with Crippen LogP contribution in [0.3, 0.4) is 0 Å². The van der Waals surface area contributed by atoms with E-state index in [1.165, 1.54) is 0 Å². The predicted molar refractivity (Wildman–Crippen MR) is 53.0 cm³/mol. The van der Waals surface area contributed by atoms with Gasteiger partial charge in [-0.2, -0.15) is 0 Å². The third kappa shape index (κ3) is 4.89. The van der Waals surface area contributed by atoms with Crippen LogP contribution in [0.2, 0.25) is 0 Å². The van der Waals surface area contributed by atoms with Crippen molar-refractivity contribution in [2.75, 3.05) is 0 Å². The molecule has 0 fully saturated rings. The first-order valence-electron chi connectivity index (χ1n) is 4.50. The molecule has 0 saturated heterocycles. The van der Waals surface area contributed by atoms with Crippen molar-refractivity contribution in [2.24, 2.45) is 5.92 Å². The number of allylic oxidation sites excluding steroid dienone is 4. The molecule has 0 aromatic rings. The van der Waals surface area contributed by atoms with Crippen molar-refractivity contribution in [2.45, 2.75) is 33.6 Å². The van der Waals surface area contributed by atoms with E-state index in [2.05, 4.69) is 12.2 Å². The number of carbonyl (C=O) groups is 1. The molecule has 1 atom stereocenters. The summed E-state index contributed by atoms with van der Waals surface area (Å²) >= 11 is 0. The Labute approximate surface area is 75.2 Å². The highest BCUT2D eigenvalue weighted by Crippen LogP contribution is 2.06. The van der Waals surface area contributed by atoms with Gasteiger partial charge in [0, 0.05) is 5.92 Å². The fraction of sp³-hybridized carbons (Fsp3) is 0.545. The lowest BCUT2D eigenvalue weighted by atomic mass is 10.0. The molecule has 0 spiro atoms. The van der Waals surface area contributed by atoms with Crippen LogP contribution in [-0.2, 0) is 4.79 Å². The Morgan fingerprint density at radius 3 is 2.50 bits per heavy atom. The van der Waals surface area contributed by atoms with Crippen molar-refractivity contribution in [3.05, 3.63) is 24.3 Å². The molecule has 0 aliphatic heterocycles. The molecule has 0 radical (unpaired) electrons. The monoisotopic (exact) mass is 166 g/mol. The molecule has 1 heteroatoms. The van der Waals surface area contributed by atoms with Crippen molar-refractivity contribution >= 4 is 5.78 Å². The van der Waals surface area contributed by atoms with Crippen LogP contribution >= 0.6 is 0 Å². The Morgan fingerprint density at radius 2 is 2.08 bits per heavy atom. The summed E-state index contributed by atoms with van der Waals surface area (Å²) in [6.45, 7) is 5.68. The molecule has 12 heavy (non-hydrogen) atoms. The lowest BCUT2D eigenvalue weighted by molar-refractivity contribution is -0.119. The van der Waals surface area contributed by atoms with Gasteiger partial charge in [-0.1, -0.05) is 31.2 Å². The molecular weight excluding hydrogens is 148 g/mol. The summed E-state index contributed by atoms with van der Waals surface area (Å²) in [6.07, 6.45) is 9.97. The number of Topliss-reactive ketones (excluding diaryl/α,β-unsaturated/α-hetero) is 1. The molecule has 0 aromatic carbocycles. The summed E-state index contributed by atoms with van der Waals surface area (Å²) < 4.78 is 0. The number of ketones is 1. The first-order chi connectivity index (χ1) is 5.72. The van der Waals surface area contributed by atoms with Gasteiger partial charge in [0.05, 0.1) is 0 Å². The van der Waals surface area contributed by atoms with Crippen LogP contribution in [0.4, 0.5) is 0 Å². The molecule has 1 unspecified atom stereocenters. The Balaban J connectivity index is 3.84. The zero-order valence-electron chi connectivity index (χ0n) is 8.21. The molecule has 0 aliphatic rings. The molecule has 0 aromatic heterocycles. The lowest BCUT2D eigenvalue weighted by Gasteiger charge is -2.02. The van der Waals surface area contributed by atoms with Gasteiger partial charge in [-0.25, -0.2) is 0 Å². The Bertz CT molecular complexity index is 177. The van der Waals surface area contributed by atoms with Crippen LogP contribution < -0.4 is 0 Å². The van der Waals surface area contributed by atoms with Crippen molar-refractivity contribution in [3.8, 4) is 0 Å². The summed E-state index contributed by atoms with van der Waals surface area (Å²) in [5.41, 5.74) is 0. The van der Waals surface area contributed by atoms with E-state index in [-0.39, 0.29) is 11.7 Å². The third-order valence-corrected chi connectivity index (χ3v) is 1.84. The molecule has 0 N–H and O–H groups in total. The third-order valence-electron chi connectivity index (χ3n) is 1.84. The maximum Gasteiger partial charge on any atom is 0.136 e. The van der Waals surface area contributed by atoms with Crippen molar-refractivity contribution in [1.82, 2.24) is 0 Å². The Kier molecular flexibility index (Phi) is 6.35. The lowest BCUT2D eigenvalue weighted by Crippen LogP contribution is -2.05. The number of carbonyl (C=O) groups excluding carboxylic acids is 1. The molecule has 0 heterocycles. The second-order valence-electron chi connectivity index (χ2n) is 2.86. The second kappa shape index (κ2) is 6.84. The summed E-state index contributed by atoms with van der Waals surface area (Å²) in [7, 11) is 0. The van der Waals surface area contributed by atoms with E-state index in [4.69, 9.17) is 0 Å². The van der Waals surface area contributed by atoms with Crippen LogP contribution in [0.5, 0.6) is 0 Å². The van der Waals surface area contributed by atoms with Gasteiger partial charge >= 0.3 is 0 Å². The highest BCUT2D eigenvalue weighted by molar-refractivity contribution is 5.79. The minimum Gasteiger partial charge on any atom is -0.299 e. The zero-order valence-corrected chi connectivity index (χ0v) is 8.21. The van der Waals surface area contributed by atoms with Crippen LogP contribution in [0.15, 0.2) is 24.3 Å². The largest absolute Gasteiger partial charge is 0.299 e. The average Bonchev–Trinajstić information content (AvgIpc) is 2.04. The van der Waals surface area contributed by atoms with Gasteiger partial charge in [0.15, 0.2) is 0 Å². The van der Waals surface area contributed by atoms with E-state index in [0.717, 1.165) is 12.8 Å². The van der Waals surface area contributed by atoms with Gasteiger partial charge in [0.25, 0.3) is 0 Å². The van der Waals surface area contributed by atoms with Gasteiger partial charge < -0.3 is 0 Å². The van der Waals surface area contributed by atoms with Gasteiger partial charge in [-0.15, -0.1) is 0 Å². The minimum atomic E-state index is 0.121. The smallest absolute Gasteiger partial charge is 0.136 e. The van der Waals surface area contributed by atoms with E-state index in [1.54, 1.807) is 6.92 Å². The maximum atomic E-state index is 11.0. The Hall–Kier alpha value is -0.850. The first-order valence-corrected chi connectivity index (χ1v) is 4.50. The van der Waals surface area contributed by atoms with E-state index < -0.39 is 0 Å². The fourth-order valence-electron chi connectivity index (χ4n) is 1.02. The molecule has 0 aliphatic carbocycles. The normalized spacial score (nSPS) is 14.2. The van der Waals surface area contributed by atoms with E-state index in [1.807, 2.05) is 26.0 Å². The molecule has 0 rings (SSSR count). The van der Waals surface area contributed by atoms with Gasteiger partial charge in [-0.3, -0.25) is 4.79 Å². The fourth-order valence-corrected chi connectivity index (χ4v) is 1.02. The molecule has 0 saturated carbocycles. The highest BCUT2D eigenvalue weighted by atomic mass is 16.1. The van der Waals surface area contributed by atoms with Gasteiger partial charge in [0.1, 0.15) is 5.78 Å². The van der Waals surface area contributed by atoms with Crippen molar-refractivity contribution in [1.29, 1.82) is 0 Å². The van der Waals surface area contributed by atoms with E-state index in [9.17, 15) is 4.79 Å². The summed E-state index contributed by atoms with van der Waals surface area (Å²) in [5, 5.41) is 0. The van der Waals surface area contributed by atoms with Crippen LogP contribution in [0.1, 0.15) is 33.6 Å². The Morgan fingerprint density at radius 1 is 1.42 bits per heavy atom. The quantitative estimate of drug-likeness (QED) is 0.573. The maximum absolute atomic E-state index is 11.0. The predicted octanol–water partition coefficient (Wildman–Crippen LogP) is 3.12. The number of rotatable bonds is 5. The standard InChI is InChI=1S/C11H18O/c1-4-6-7-8-9-11(5-2)10(3)12/h4,6,8-9,11H,5,7H2,1-3H3. The molecule has 68 valence electrons. The molecule has 1 nitrogen and oxygen atoms in total. The van der Waals surface area contributed by atoms with Gasteiger partial charge in [-0.05, 0) is 26.7 Å². The van der Waals surface area contributed by atoms with Crippen LogP contribution in [0.25, 0.3) is 0 Å². The SMILES string of the molecule is CC=CCC=CC(CC)C(C)=O. The van der Waals surface area contributed by atoms with Gasteiger partial charge in [0.2, 0.25) is 0 Å². The average molecular weight is 166 g/mol. The van der Waals surface area contributed by atoms with E-state index in [0.29, 0.717) is 0 Å². The van der Waals surface area contributed by atoms with Crippen LogP contribution in [-0.4, -0.2) is 5.78 Å². The number of hydrogen-bond acceptors (Lipinski definition) is 1. The highest BCUT2D eigenvalue weighted by Gasteiger charge is 2.05. The first kappa shape index (κ1) is 11.2. The molecular formula is C11H18O. The van der Waals surface area contributed by atoms with Crippen molar-refractivity contribution in [3.63, 3.8) is 0 Å². The second-order valence-corrected chi connectivity index (χ2v) is 2.86. The molecule has 0 amide bonds. The zero-order chi connectivity index (χ0) is 9.40. The van der Waals surface area contributed by atoms with E-state index >= 15 is 0 Å². The summed E-state index contributed by atoms with van der Waals surface area (Å²) in [4.78, 5) is 11.0. The minimum absolute atomic E-state index is 0.121.